The van der Waals surface area contributed by atoms with Gasteiger partial charge in [-0.1, -0.05) is 16.8 Å². The van der Waals surface area contributed by atoms with E-state index in [0.29, 0.717) is 29.4 Å². The fraction of sp³-hybridized carbons (Fsp3) is 0.250. The molecule has 2 aromatic rings. The van der Waals surface area contributed by atoms with E-state index in [1.165, 1.54) is 0 Å². The number of carbonyl (C=O) groups is 1. The molecule has 0 spiro atoms. The monoisotopic (exact) mass is 279 g/mol. The summed E-state index contributed by atoms with van der Waals surface area (Å²) in [5.74, 6) is -0.224. The molecule has 100 valence electrons. The molecule has 0 saturated heterocycles. The lowest BCUT2D eigenvalue weighted by Gasteiger charge is -2.07. The molecule has 3 N–H and O–H groups in total. The number of aromatic nitrogens is 3. The van der Waals surface area contributed by atoms with Gasteiger partial charge in [0, 0.05) is 30.0 Å². The van der Waals surface area contributed by atoms with E-state index in [9.17, 15) is 4.79 Å². The quantitative estimate of drug-likeness (QED) is 0.639. The number of nitrogens with two attached hydrogens (primary N) is 1. The van der Waals surface area contributed by atoms with Crippen molar-refractivity contribution in [1.29, 1.82) is 0 Å². The first kappa shape index (κ1) is 13.4. The van der Waals surface area contributed by atoms with Gasteiger partial charge < -0.3 is 11.1 Å². The highest BCUT2D eigenvalue weighted by Gasteiger charge is 2.09. The molecular formula is C12H14ClN5O. The second-order valence-electron chi connectivity index (χ2n) is 4.01. The molecule has 0 unspecified atom stereocenters. The third kappa shape index (κ3) is 3.69. The van der Waals surface area contributed by atoms with Gasteiger partial charge in [0.15, 0.2) is 0 Å². The van der Waals surface area contributed by atoms with Crippen molar-refractivity contribution in [1.82, 2.24) is 20.3 Å². The van der Waals surface area contributed by atoms with Gasteiger partial charge in [0.05, 0.1) is 11.8 Å². The molecule has 6 nitrogen and oxygen atoms in total. The number of benzene rings is 1. The first-order chi connectivity index (χ1) is 9.16. The number of nitrogens with one attached hydrogen (secondary N) is 1. The summed E-state index contributed by atoms with van der Waals surface area (Å²) in [5.41, 5.74) is 6.54. The zero-order valence-corrected chi connectivity index (χ0v) is 11.0. The number of hydrogen-bond donors (Lipinski definition) is 2. The Hall–Kier alpha value is -2.08. The number of amides is 1. The Balaban J connectivity index is 1.82. The maximum atomic E-state index is 11.9. The van der Waals surface area contributed by atoms with Gasteiger partial charge >= 0.3 is 0 Å². The third-order valence-electron chi connectivity index (χ3n) is 2.58. The third-order valence-corrected chi connectivity index (χ3v) is 2.82. The first-order valence-electron chi connectivity index (χ1n) is 5.84. The molecule has 0 aliphatic carbocycles. The van der Waals surface area contributed by atoms with Crippen molar-refractivity contribution in [2.75, 3.05) is 12.3 Å². The van der Waals surface area contributed by atoms with Crippen LogP contribution < -0.4 is 11.1 Å². The fourth-order valence-corrected chi connectivity index (χ4v) is 1.79. The van der Waals surface area contributed by atoms with Crippen molar-refractivity contribution in [2.45, 2.75) is 13.0 Å². The minimum Gasteiger partial charge on any atom is -0.398 e. The minimum atomic E-state index is -0.224. The summed E-state index contributed by atoms with van der Waals surface area (Å²) >= 11 is 5.84. The van der Waals surface area contributed by atoms with Gasteiger partial charge in [-0.25, -0.2) is 0 Å². The molecule has 0 aliphatic heterocycles. The van der Waals surface area contributed by atoms with Crippen LogP contribution in [-0.4, -0.2) is 27.4 Å². The summed E-state index contributed by atoms with van der Waals surface area (Å²) in [6.07, 6.45) is 4.15. The van der Waals surface area contributed by atoms with Crippen LogP contribution in [0, 0.1) is 0 Å². The maximum Gasteiger partial charge on any atom is 0.253 e. The Morgan fingerprint density at radius 3 is 3.05 bits per heavy atom. The second kappa shape index (κ2) is 6.19. The van der Waals surface area contributed by atoms with E-state index in [1.807, 2.05) is 0 Å². The number of rotatable bonds is 5. The average Bonchev–Trinajstić information content (AvgIpc) is 2.90. The van der Waals surface area contributed by atoms with E-state index < -0.39 is 0 Å². The molecule has 0 aliphatic rings. The van der Waals surface area contributed by atoms with E-state index in [0.717, 1.165) is 6.42 Å². The predicted octanol–water partition coefficient (Wildman–Crippen LogP) is 1.33. The van der Waals surface area contributed by atoms with Crippen molar-refractivity contribution in [3.05, 3.63) is 41.2 Å². The Labute approximate surface area is 115 Å². The molecule has 0 saturated carbocycles. The lowest BCUT2D eigenvalue weighted by Crippen LogP contribution is -2.26. The Kier molecular flexibility index (Phi) is 4.35. The normalized spacial score (nSPS) is 10.4. The standard InChI is InChI=1S/C12H14ClN5O/c13-9-2-3-11(14)10(8-9)12(19)15-4-1-6-18-7-5-16-17-18/h2-3,5,7-8H,1,4,6,14H2,(H,15,19). The van der Waals surface area contributed by atoms with Crippen LogP contribution in [0.5, 0.6) is 0 Å². The Bertz CT molecular complexity index is 555. The summed E-state index contributed by atoms with van der Waals surface area (Å²) in [5, 5.41) is 10.8. The molecule has 1 aromatic heterocycles. The van der Waals surface area contributed by atoms with Crippen LogP contribution in [0.15, 0.2) is 30.6 Å². The lowest BCUT2D eigenvalue weighted by molar-refractivity contribution is 0.0953. The van der Waals surface area contributed by atoms with E-state index in [1.54, 1.807) is 35.3 Å². The van der Waals surface area contributed by atoms with Crippen molar-refractivity contribution in [2.24, 2.45) is 0 Å². The molecule has 1 aromatic carbocycles. The molecule has 0 fully saturated rings. The van der Waals surface area contributed by atoms with Crippen molar-refractivity contribution >= 4 is 23.2 Å². The average molecular weight is 280 g/mol. The molecule has 1 heterocycles. The number of nitrogen functional groups attached to an aromatic ring is 1. The van der Waals surface area contributed by atoms with E-state index >= 15 is 0 Å². The molecule has 0 atom stereocenters. The van der Waals surface area contributed by atoms with Crippen molar-refractivity contribution in [3.63, 3.8) is 0 Å². The largest absolute Gasteiger partial charge is 0.398 e. The number of hydrogen-bond acceptors (Lipinski definition) is 4. The minimum absolute atomic E-state index is 0.224. The van der Waals surface area contributed by atoms with Crippen molar-refractivity contribution < 1.29 is 4.79 Å². The number of halogens is 1. The van der Waals surface area contributed by atoms with Crippen LogP contribution >= 0.6 is 11.6 Å². The first-order valence-corrected chi connectivity index (χ1v) is 6.22. The van der Waals surface area contributed by atoms with Gasteiger partial charge in [-0.15, -0.1) is 5.10 Å². The molecule has 0 radical (unpaired) electrons. The van der Waals surface area contributed by atoms with Gasteiger partial charge in [0.1, 0.15) is 0 Å². The van der Waals surface area contributed by atoms with Crippen LogP contribution in [0.1, 0.15) is 16.8 Å². The van der Waals surface area contributed by atoms with Crippen molar-refractivity contribution in [3.8, 4) is 0 Å². The fourth-order valence-electron chi connectivity index (χ4n) is 1.62. The predicted molar refractivity (Wildman–Crippen MR) is 72.8 cm³/mol. The summed E-state index contributed by atoms with van der Waals surface area (Å²) < 4.78 is 1.71. The highest BCUT2D eigenvalue weighted by atomic mass is 35.5. The molecular weight excluding hydrogens is 266 g/mol. The van der Waals surface area contributed by atoms with Crippen LogP contribution in [0.25, 0.3) is 0 Å². The number of anilines is 1. The van der Waals surface area contributed by atoms with Gasteiger partial charge in [-0.3, -0.25) is 9.48 Å². The second-order valence-corrected chi connectivity index (χ2v) is 4.44. The highest BCUT2D eigenvalue weighted by molar-refractivity contribution is 6.31. The van der Waals surface area contributed by atoms with Crippen LogP contribution in [0.4, 0.5) is 5.69 Å². The molecule has 1 amide bonds. The zero-order chi connectivity index (χ0) is 13.7. The number of nitrogens with zero attached hydrogens (tertiary/aromatic N) is 3. The Morgan fingerprint density at radius 2 is 2.32 bits per heavy atom. The van der Waals surface area contributed by atoms with Gasteiger partial charge in [-0.05, 0) is 24.6 Å². The van der Waals surface area contributed by atoms with Crippen LogP contribution in [0.3, 0.4) is 0 Å². The number of aryl methyl sites for hydroxylation is 1. The van der Waals surface area contributed by atoms with Crippen LogP contribution in [-0.2, 0) is 6.54 Å². The zero-order valence-electron chi connectivity index (χ0n) is 10.2. The van der Waals surface area contributed by atoms with E-state index in [-0.39, 0.29) is 5.91 Å². The summed E-state index contributed by atoms with van der Waals surface area (Å²) in [4.78, 5) is 11.9. The molecule has 19 heavy (non-hydrogen) atoms. The van der Waals surface area contributed by atoms with E-state index in [2.05, 4.69) is 15.6 Å². The molecule has 2 rings (SSSR count). The topological polar surface area (TPSA) is 85.8 Å². The maximum absolute atomic E-state index is 11.9. The van der Waals surface area contributed by atoms with Gasteiger partial charge in [0.2, 0.25) is 0 Å². The van der Waals surface area contributed by atoms with E-state index in [4.69, 9.17) is 17.3 Å². The smallest absolute Gasteiger partial charge is 0.253 e. The number of carbonyl (C=O) groups excluding carboxylic acids is 1. The highest BCUT2D eigenvalue weighted by Crippen LogP contribution is 2.17. The molecule has 7 heteroatoms. The SMILES string of the molecule is Nc1ccc(Cl)cc1C(=O)NCCCn1ccnn1. The molecule has 0 bridgehead atoms. The lowest BCUT2D eigenvalue weighted by atomic mass is 10.1. The van der Waals surface area contributed by atoms with Gasteiger partial charge in [0.25, 0.3) is 5.91 Å². The summed E-state index contributed by atoms with van der Waals surface area (Å²) in [7, 11) is 0. The van der Waals surface area contributed by atoms with Crippen LogP contribution in [0.2, 0.25) is 5.02 Å². The Morgan fingerprint density at radius 1 is 1.47 bits per heavy atom. The van der Waals surface area contributed by atoms with Gasteiger partial charge in [-0.2, -0.15) is 0 Å². The summed E-state index contributed by atoms with van der Waals surface area (Å²) in [6, 6.07) is 4.83. The summed E-state index contributed by atoms with van der Waals surface area (Å²) in [6.45, 7) is 1.23.